The fourth-order valence-corrected chi connectivity index (χ4v) is 4.16. The number of fused-ring (bicyclic) bond motifs is 1. The Morgan fingerprint density at radius 2 is 2.00 bits per heavy atom. The Bertz CT molecular complexity index is 832. The van der Waals surface area contributed by atoms with Gasteiger partial charge < -0.3 is 19.7 Å². The van der Waals surface area contributed by atoms with Crippen molar-refractivity contribution >= 4 is 17.5 Å². The lowest BCUT2D eigenvalue weighted by Crippen LogP contribution is -3.12. The second-order valence-electron chi connectivity index (χ2n) is 8.17. The number of quaternary nitrogens is 1. The number of nitrogens with one attached hydrogen (secondary N) is 2. The van der Waals surface area contributed by atoms with E-state index in [4.69, 9.17) is 0 Å². The molecular formula is C23H34N5O2+. The molecule has 0 aliphatic carbocycles. The first-order valence-electron chi connectivity index (χ1n) is 11.0. The summed E-state index contributed by atoms with van der Waals surface area (Å²) < 4.78 is 1.74. The topological polar surface area (TPSA) is 71.7 Å². The molecule has 2 amide bonds. The van der Waals surface area contributed by atoms with Crippen molar-refractivity contribution in [3.63, 3.8) is 0 Å². The molecule has 7 heteroatoms. The lowest BCUT2D eigenvalue weighted by atomic mass is 10.1. The van der Waals surface area contributed by atoms with Crippen LogP contribution in [0.3, 0.4) is 0 Å². The summed E-state index contributed by atoms with van der Waals surface area (Å²) in [6.45, 7) is 11.0. The van der Waals surface area contributed by atoms with Crippen molar-refractivity contribution in [2.75, 3.05) is 37.6 Å². The molecule has 0 radical (unpaired) electrons. The van der Waals surface area contributed by atoms with Crippen LogP contribution in [0.5, 0.6) is 0 Å². The van der Waals surface area contributed by atoms with E-state index in [0.717, 1.165) is 31.7 Å². The molecule has 1 aromatic heterocycles. The standard InChI is InChI=1S/C23H33N5O2/c1-4-26(5-2)16-18(3)15-25-22(29)14-21(27-13-11-24-17-27)23(30)28-12-10-19-8-6-7-9-20(19)28/h6-9,11,13,17-18,21H,4-5,10,12,14-16H2,1-3H3,(H,25,29)/p+1. The van der Waals surface area contributed by atoms with Gasteiger partial charge in [-0.3, -0.25) is 9.59 Å². The second-order valence-corrected chi connectivity index (χ2v) is 8.17. The monoisotopic (exact) mass is 412 g/mol. The molecule has 0 saturated carbocycles. The van der Waals surface area contributed by atoms with E-state index >= 15 is 0 Å². The van der Waals surface area contributed by atoms with Gasteiger partial charge in [0.1, 0.15) is 6.04 Å². The van der Waals surface area contributed by atoms with Crippen molar-refractivity contribution < 1.29 is 14.5 Å². The molecule has 0 fully saturated rings. The number of benzene rings is 1. The molecule has 30 heavy (non-hydrogen) atoms. The van der Waals surface area contributed by atoms with Gasteiger partial charge in [-0.15, -0.1) is 0 Å². The van der Waals surface area contributed by atoms with E-state index in [9.17, 15) is 9.59 Å². The van der Waals surface area contributed by atoms with E-state index in [0.29, 0.717) is 19.0 Å². The first-order chi connectivity index (χ1) is 14.5. The number of aromatic nitrogens is 2. The summed E-state index contributed by atoms with van der Waals surface area (Å²) in [4.78, 5) is 33.5. The van der Waals surface area contributed by atoms with E-state index in [2.05, 4.69) is 37.1 Å². The highest BCUT2D eigenvalue weighted by Gasteiger charge is 2.32. The van der Waals surface area contributed by atoms with Crippen LogP contribution in [0.15, 0.2) is 43.0 Å². The number of imidazole rings is 1. The highest BCUT2D eigenvalue weighted by Crippen LogP contribution is 2.30. The molecule has 0 spiro atoms. The van der Waals surface area contributed by atoms with Crippen LogP contribution in [0.4, 0.5) is 5.69 Å². The van der Waals surface area contributed by atoms with Crippen molar-refractivity contribution in [2.45, 2.75) is 39.7 Å². The van der Waals surface area contributed by atoms with Crippen molar-refractivity contribution in [1.29, 1.82) is 0 Å². The number of hydrogen-bond acceptors (Lipinski definition) is 3. The third-order valence-corrected chi connectivity index (χ3v) is 5.99. The van der Waals surface area contributed by atoms with Gasteiger partial charge in [0.25, 0.3) is 5.91 Å². The van der Waals surface area contributed by atoms with Crippen LogP contribution >= 0.6 is 0 Å². The minimum atomic E-state index is -0.595. The summed E-state index contributed by atoms with van der Waals surface area (Å²) in [7, 11) is 0. The number of amides is 2. The minimum Gasteiger partial charge on any atom is -0.356 e. The summed E-state index contributed by atoms with van der Waals surface area (Å²) in [5.74, 6) is 0.223. The molecule has 0 bridgehead atoms. The molecule has 2 atom stereocenters. The average molecular weight is 413 g/mol. The molecule has 1 aliphatic rings. The molecular weight excluding hydrogens is 378 g/mol. The largest absolute Gasteiger partial charge is 0.356 e. The highest BCUT2D eigenvalue weighted by atomic mass is 16.2. The van der Waals surface area contributed by atoms with Gasteiger partial charge in [-0.2, -0.15) is 0 Å². The van der Waals surface area contributed by atoms with E-state index in [1.54, 1.807) is 28.2 Å². The van der Waals surface area contributed by atoms with Crippen LogP contribution in [0.1, 0.15) is 38.8 Å². The van der Waals surface area contributed by atoms with Crippen molar-refractivity contribution in [1.82, 2.24) is 14.9 Å². The average Bonchev–Trinajstić information content (AvgIpc) is 3.44. The summed E-state index contributed by atoms with van der Waals surface area (Å²) in [6.07, 6.45) is 5.97. The molecule has 162 valence electrons. The maximum atomic E-state index is 13.4. The first-order valence-corrected chi connectivity index (χ1v) is 11.0. The zero-order valence-electron chi connectivity index (χ0n) is 18.3. The van der Waals surface area contributed by atoms with Gasteiger partial charge in [0.05, 0.1) is 32.4 Å². The Labute approximate surface area is 179 Å². The number of carbonyl (C=O) groups is 2. The molecule has 2 N–H and O–H groups in total. The van der Waals surface area contributed by atoms with E-state index < -0.39 is 6.04 Å². The molecule has 1 aromatic carbocycles. The lowest BCUT2D eigenvalue weighted by Gasteiger charge is -2.25. The normalized spacial score (nSPS) is 15.1. The van der Waals surface area contributed by atoms with E-state index in [1.807, 2.05) is 18.2 Å². The van der Waals surface area contributed by atoms with Gasteiger partial charge in [-0.1, -0.05) is 25.1 Å². The van der Waals surface area contributed by atoms with Crippen LogP contribution in [-0.4, -0.2) is 54.1 Å². The second kappa shape index (κ2) is 10.4. The first kappa shape index (κ1) is 22.0. The van der Waals surface area contributed by atoms with Gasteiger partial charge in [-0.05, 0) is 31.9 Å². The highest BCUT2D eigenvalue weighted by molar-refractivity contribution is 6.00. The predicted molar refractivity (Wildman–Crippen MR) is 117 cm³/mol. The molecule has 0 saturated heterocycles. The molecule has 2 heterocycles. The molecule has 1 aliphatic heterocycles. The summed E-state index contributed by atoms with van der Waals surface area (Å²) in [5.41, 5.74) is 2.12. The Balaban J connectivity index is 1.64. The Morgan fingerprint density at radius 1 is 1.23 bits per heavy atom. The van der Waals surface area contributed by atoms with Crippen LogP contribution in [0.2, 0.25) is 0 Å². The quantitative estimate of drug-likeness (QED) is 0.614. The molecule has 2 aromatic rings. The number of nitrogens with zero attached hydrogens (tertiary/aromatic N) is 3. The number of anilines is 1. The lowest BCUT2D eigenvalue weighted by molar-refractivity contribution is -0.899. The Kier molecular flexibility index (Phi) is 7.63. The number of para-hydroxylation sites is 1. The summed E-state index contributed by atoms with van der Waals surface area (Å²) in [5, 5.41) is 3.04. The Hall–Kier alpha value is -2.67. The zero-order valence-corrected chi connectivity index (χ0v) is 18.3. The van der Waals surface area contributed by atoms with Gasteiger partial charge in [0.2, 0.25) is 5.91 Å². The van der Waals surface area contributed by atoms with Crippen molar-refractivity contribution in [2.24, 2.45) is 5.92 Å². The van der Waals surface area contributed by atoms with Crippen LogP contribution < -0.4 is 15.1 Å². The zero-order chi connectivity index (χ0) is 21.5. The van der Waals surface area contributed by atoms with Crippen molar-refractivity contribution in [3.8, 4) is 0 Å². The van der Waals surface area contributed by atoms with E-state index in [-0.39, 0.29) is 18.2 Å². The smallest absolute Gasteiger partial charge is 0.250 e. The summed E-state index contributed by atoms with van der Waals surface area (Å²) >= 11 is 0. The van der Waals surface area contributed by atoms with E-state index in [1.165, 1.54) is 10.5 Å². The third kappa shape index (κ3) is 5.27. The van der Waals surface area contributed by atoms with Gasteiger partial charge in [0, 0.05) is 37.1 Å². The third-order valence-electron chi connectivity index (χ3n) is 5.99. The molecule has 7 nitrogen and oxygen atoms in total. The molecule has 2 unspecified atom stereocenters. The van der Waals surface area contributed by atoms with Crippen LogP contribution in [-0.2, 0) is 16.0 Å². The summed E-state index contributed by atoms with van der Waals surface area (Å²) in [6, 6.07) is 7.38. The van der Waals surface area contributed by atoms with Crippen LogP contribution in [0.25, 0.3) is 0 Å². The number of carbonyl (C=O) groups excluding carboxylic acids is 2. The fraction of sp³-hybridized carbons (Fsp3) is 0.522. The minimum absolute atomic E-state index is 0.0614. The van der Waals surface area contributed by atoms with Gasteiger partial charge in [-0.25, -0.2) is 4.98 Å². The Morgan fingerprint density at radius 3 is 2.70 bits per heavy atom. The van der Waals surface area contributed by atoms with Gasteiger partial charge in [0.15, 0.2) is 0 Å². The van der Waals surface area contributed by atoms with Crippen LogP contribution in [0, 0.1) is 5.92 Å². The maximum Gasteiger partial charge on any atom is 0.250 e. The predicted octanol–water partition coefficient (Wildman–Crippen LogP) is 1.08. The number of rotatable bonds is 10. The number of hydrogen-bond donors (Lipinski definition) is 2. The maximum absolute atomic E-state index is 13.4. The molecule has 3 rings (SSSR count). The SMILES string of the molecule is CC[NH+](CC)CC(C)CNC(=O)CC(C(=O)N1CCc2ccccc21)n1ccnc1. The fourth-order valence-electron chi connectivity index (χ4n) is 4.16. The van der Waals surface area contributed by atoms with Crippen molar-refractivity contribution in [3.05, 3.63) is 48.5 Å². The van der Waals surface area contributed by atoms with Gasteiger partial charge >= 0.3 is 0 Å².